The zero-order valence-corrected chi connectivity index (χ0v) is 15.9. The number of nitro groups is 1. The van der Waals surface area contributed by atoms with E-state index in [4.69, 9.17) is 9.57 Å². The predicted molar refractivity (Wildman–Crippen MR) is 105 cm³/mol. The number of para-hydroxylation sites is 2. The second-order valence-electron chi connectivity index (χ2n) is 5.42. The zero-order valence-electron chi connectivity index (χ0n) is 15.1. The van der Waals surface area contributed by atoms with Gasteiger partial charge in [0, 0.05) is 18.5 Å². The van der Waals surface area contributed by atoms with Gasteiger partial charge in [0.25, 0.3) is 5.16 Å². The van der Waals surface area contributed by atoms with E-state index in [9.17, 15) is 18.5 Å². The van der Waals surface area contributed by atoms with Crippen molar-refractivity contribution in [2.75, 3.05) is 0 Å². The Morgan fingerprint density at radius 2 is 1.67 bits per heavy atom. The van der Waals surface area contributed by atoms with E-state index in [0.717, 1.165) is 12.8 Å². The minimum absolute atomic E-state index is 0.00554. The SMILES string of the molecule is O=[N+]([O-])c1ccccc1O/C=N/O/C=N/c1ccc(S(=O)(=O)c2ncccn2)cc1. The van der Waals surface area contributed by atoms with Gasteiger partial charge in [-0.1, -0.05) is 12.1 Å². The van der Waals surface area contributed by atoms with Gasteiger partial charge in [-0.3, -0.25) is 10.1 Å². The summed E-state index contributed by atoms with van der Waals surface area (Å²) in [5.74, 6) is 0.00554. The van der Waals surface area contributed by atoms with Gasteiger partial charge in [-0.25, -0.2) is 23.4 Å². The topological polar surface area (TPSA) is 146 Å². The smallest absolute Gasteiger partial charge is 0.311 e. The lowest BCUT2D eigenvalue weighted by Crippen LogP contribution is -2.06. The third-order valence-electron chi connectivity index (χ3n) is 3.52. The molecule has 0 spiro atoms. The molecule has 152 valence electrons. The van der Waals surface area contributed by atoms with Gasteiger partial charge in [-0.15, -0.1) is 0 Å². The highest BCUT2D eigenvalue weighted by molar-refractivity contribution is 7.91. The molecule has 2 aromatic carbocycles. The van der Waals surface area contributed by atoms with Crippen LogP contribution in [0.15, 0.2) is 87.2 Å². The Labute approximate surface area is 170 Å². The maximum Gasteiger partial charge on any atom is 0.311 e. The first-order valence-corrected chi connectivity index (χ1v) is 9.69. The average Bonchev–Trinajstić information content (AvgIpc) is 2.77. The van der Waals surface area contributed by atoms with E-state index in [1.54, 1.807) is 6.07 Å². The summed E-state index contributed by atoms with van der Waals surface area (Å²) in [6.45, 7) is 0. The van der Waals surface area contributed by atoms with E-state index in [2.05, 4.69) is 20.1 Å². The van der Waals surface area contributed by atoms with Crippen molar-refractivity contribution in [1.29, 1.82) is 0 Å². The van der Waals surface area contributed by atoms with Gasteiger partial charge in [-0.2, -0.15) is 0 Å². The normalized spacial score (nSPS) is 11.6. The Kier molecular flexibility index (Phi) is 6.39. The average molecular weight is 427 g/mol. The summed E-state index contributed by atoms with van der Waals surface area (Å²) >= 11 is 0. The first-order valence-electron chi connectivity index (χ1n) is 8.21. The number of benzene rings is 2. The zero-order chi connectivity index (χ0) is 21.4. The maximum atomic E-state index is 12.4. The molecule has 0 unspecified atom stereocenters. The van der Waals surface area contributed by atoms with Crippen LogP contribution in [0.25, 0.3) is 0 Å². The molecule has 11 nitrogen and oxygen atoms in total. The number of nitrogens with zero attached hydrogens (tertiary/aromatic N) is 5. The molecule has 3 aromatic rings. The highest BCUT2D eigenvalue weighted by atomic mass is 32.2. The van der Waals surface area contributed by atoms with Crippen molar-refractivity contribution < 1.29 is 22.9 Å². The van der Waals surface area contributed by atoms with Crippen LogP contribution in [-0.4, -0.2) is 36.1 Å². The minimum Gasteiger partial charge on any atom is -0.435 e. The molecule has 0 aliphatic carbocycles. The Bertz CT molecular complexity index is 1180. The third-order valence-corrected chi connectivity index (χ3v) is 5.11. The highest BCUT2D eigenvalue weighted by Gasteiger charge is 2.20. The van der Waals surface area contributed by atoms with Gasteiger partial charge in [0.05, 0.1) is 15.5 Å². The number of ether oxygens (including phenoxy) is 1. The molecule has 0 saturated carbocycles. The molecular formula is C18H13N5O6S. The molecule has 0 fully saturated rings. The van der Waals surface area contributed by atoms with Crippen molar-refractivity contribution in [3.05, 3.63) is 77.1 Å². The monoisotopic (exact) mass is 427 g/mol. The molecule has 0 saturated heterocycles. The first kappa shape index (κ1) is 20.5. The Morgan fingerprint density at radius 3 is 2.37 bits per heavy atom. The molecule has 0 N–H and O–H groups in total. The molecule has 0 atom stereocenters. The maximum absolute atomic E-state index is 12.4. The van der Waals surface area contributed by atoms with Crippen molar-refractivity contribution in [2.45, 2.75) is 10.1 Å². The van der Waals surface area contributed by atoms with Gasteiger partial charge in [0.15, 0.2) is 0 Å². The number of aliphatic imine (C=N–C) groups is 1. The number of rotatable bonds is 8. The fourth-order valence-electron chi connectivity index (χ4n) is 2.16. The molecule has 0 aliphatic rings. The highest BCUT2D eigenvalue weighted by Crippen LogP contribution is 2.25. The predicted octanol–water partition coefficient (Wildman–Crippen LogP) is 2.92. The van der Waals surface area contributed by atoms with Crippen LogP contribution in [0.3, 0.4) is 0 Å². The third kappa shape index (κ3) is 4.99. The number of hydrogen-bond donors (Lipinski definition) is 0. The molecule has 0 bridgehead atoms. The molecule has 30 heavy (non-hydrogen) atoms. The van der Waals surface area contributed by atoms with Gasteiger partial charge < -0.3 is 9.57 Å². The Balaban J connectivity index is 1.57. The van der Waals surface area contributed by atoms with Crippen molar-refractivity contribution in [3.8, 4) is 5.75 Å². The number of nitro benzene ring substituents is 1. The van der Waals surface area contributed by atoms with Crippen molar-refractivity contribution in [1.82, 2.24) is 9.97 Å². The van der Waals surface area contributed by atoms with Gasteiger partial charge >= 0.3 is 5.69 Å². The summed E-state index contributed by atoms with van der Waals surface area (Å²) in [6.07, 6.45) is 4.55. The molecule has 12 heteroatoms. The largest absolute Gasteiger partial charge is 0.435 e. The Morgan fingerprint density at radius 1 is 0.967 bits per heavy atom. The summed E-state index contributed by atoms with van der Waals surface area (Å²) in [5, 5.41) is 14.0. The van der Waals surface area contributed by atoms with Crippen LogP contribution in [0.2, 0.25) is 0 Å². The molecule has 0 amide bonds. The molecule has 0 radical (unpaired) electrons. The number of oxime groups is 1. The fraction of sp³-hybridized carbons (Fsp3) is 0. The van der Waals surface area contributed by atoms with Crippen LogP contribution >= 0.6 is 0 Å². The second kappa shape index (κ2) is 9.34. The quantitative estimate of drug-likeness (QED) is 0.175. The number of sulfone groups is 1. The minimum atomic E-state index is -3.82. The fourth-order valence-corrected chi connectivity index (χ4v) is 3.27. The molecule has 1 aromatic heterocycles. The summed E-state index contributed by atoms with van der Waals surface area (Å²) in [6, 6.07) is 12.9. The van der Waals surface area contributed by atoms with Crippen LogP contribution in [0.1, 0.15) is 0 Å². The lowest BCUT2D eigenvalue weighted by atomic mass is 10.3. The van der Waals surface area contributed by atoms with Gasteiger partial charge in [0.2, 0.25) is 28.4 Å². The van der Waals surface area contributed by atoms with Crippen LogP contribution in [-0.2, 0) is 14.7 Å². The van der Waals surface area contributed by atoms with E-state index in [0.29, 0.717) is 5.69 Å². The van der Waals surface area contributed by atoms with E-state index in [-0.39, 0.29) is 21.5 Å². The summed E-state index contributed by atoms with van der Waals surface area (Å²) < 4.78 is 29.8. The van der Waals surface area contributed by atoms with E-state index in [1.807, 2.05) is 0 Å². The van der Waals surface area contributed by atoms with Crippen LogP contribution in [0, 0.1) is 10.1 Å². The van der Waals surface area contributed by atoms with E-state index in [1.165, 1.54) is 60.9 Å². The van der Waals surface area contributed by atoms with Gasteiger partial charge in [0.1, 0.15) is 0 Å². The van der Waals surface area contributed by atoms with Gasteiger partial charge in [-0.05, 0) is 41.6 Å². The van der Waals surface area contributed by atoms with E-state index < -0.39 is 14.8 Å². The standard InChI is InChI=1S/C18H13N5O6S/c24-23(25)16-4-1-2-5-17(16)28-13-22-29-12-21-14-6-8-15(9-7-14)30(26,27)18-19-10-3-11-20-18/h1-13H/b21-12+,22-13+. The van der Waals surface area contributed by atoms with E-state index >= 15 is 0 Å². The van der Waals surface area contributed by atoms with Crippen LogP contribution in [0.4, 0.5) is 11.4 Å². The lowest BCUT2D eigenvalue weighted by molar-refractivity contribution is -0.385. The molecule has 3 rings (SSSR count). The molecule has 0 aliphatic heterocycles. The van der Waals surface area contributed by atoms with Crippen molar-refractivity contribution >= 4 is 34.0 Å². The second-order valence-corrected chi connectivity index (χ2v) is 7.27. The summed E-state index contributed by atoms with van der Waals surface area (Å²) in [7, 11) is -3.82. The van der Waals surface area contributed by atoms with Crippen LogP contribution in [0.5, 0.6) is 5.75 Å². The lowest BCUT2D eigenvalue weighted by Gasteiger charge is -2.02. The summed E-state index contributed by atoms with van der Waals surface area (Å²) in [5.41, 5.74) is 0.186. The van der Waals surface area contributed by atoms with Crippen molar-refractivity contribution in [2.24, 2.45) is 10.1 Å². The van der Waals surface area contributed by atoms with Crippen LogP contribution < -0.4 is 4.74 Å². The summed E-state index contributed by atoms with van der Waals surface area (Å²) in [4.78, 5) is 26.5. The molecular weight excluding hydrogens is 414 g/mol. The first-order chi connectivity index (χ1) is 14.5. The number of aromatic nitrogens is 2. The molecule has 1 heterocycles. The number of hydrogen-bond acceptors (Lipinski definition) is 10. The Hall–Kier alpha value is -4.19. The van der Waals surface area contributed by atoms with Crippen molar-refractivity contribution in [3.63, 3.8) is 0 Å².